The minimum atomic E-state index is -0.400. The van der Waals surface area contributed by atoms with Crippen molar-refractivity contribution in [2.24, 2.45) is 5.92 Å². The van der Waals surface area contributed by atoms with E-state index in [0.29, 0.717) is 24.4 Å². The summed E-state index contributed by atoms with van der Waals surface area (Å²) in [5.41, 5.74) is 2.06. The molecular formula is C22H24N2O4. The van der Waals surface area contributed by atoms with E-state index in [1.807, 2.05) is 37.3 Å². The zero-order valence-electron chi connectivity index (χ0n) is 16.1. The standard InChI is InChI=1S/C22H24N2O4/c1-3-28-22(27)17-9-11-19(12-10-17)23-21(26)18-13-20(25)24(14-18)15(2)16-7-5-4-6-8-16/h4-12,15,18H,3,13-14H2,1-2H3,(H,23,26). The molecule has 1 aliphatic heterocycles. The monoisotopic (exact) mass is 380 g/mol. The van der Waals surface area contributed by atoms with Gasteiger partial charge < -0.3 is 15.0 Å². The summed E-state index contributed by atoms with van der Waals surface area (Å²) < 4.78 is 4.94. The van der Waals surface area contributed by atoms with Gasteiger partial charge in [0.05, 0.1) is 24.1 Å². The fraction of sp³-hybridized carbons (Fsp3) is 0.318. The van der Waals surface area contributed by atoms with Gasteiger partial charge in [0.1, 0.15) is 0 Å². The van der Waals surface area contributed by atoms with Crippen LogP contribution < -0.4 is 5.32 Å². The first kappa shape index (κ1) is 19.6. The number of esters is 1. The Kier molecular flexibility index (Phi) is 6.09. The molecule has 0 bridgehead atoms. The Labute approximate surface area is 164 Å². The van der Waals surface area contributed by atoms with Crippen LogP contribution in [0.4, 0.5) is 5.69 Å². The smallest absolute Gasteiger partial charge is 0.338 e. The van der Waals surface area contributed by atoms with Gasteiger partial charge >= 0.3 is 5.97 Å². The predicted molar refractivity (Wildman–Crippen MR) is 106 cm³/mol. The van der Waals surface area contributed by atoms with Crippen LogP contribution in [-0.2, 0) is 14.3 Å². The van der Waals surface area contributed by atoms with E-state index in [4.69, 9.17) is 4.74 Å². The second kappa shape index (κ2) is 8.69. The number of anilines is 1. The molecule has 0 spiro atoms. The van der Waals surface area contributed by atoms with Crippen LogP contribution in [0.5, 0.6) is 0 Å². The summed E-state index contributed by atoms with van der Waals surface area (Å²) in [5, 5.41) is 2.83. The van der Waals surface area contributed by atoms with E-state index in [1.165, 1.54) is 0 Å². The maximum absolute atomic E-state index is 12.6. The zero-order chi connectivity index (χ0) is 20.1. The van der Waals surface area contributed by atoms with Gasteiger partial charge in [0.15, 0.2) is 0 Å². The highest BCUT2D eigenvalue weighted by atomic mass is 16.5. The molecule has 0 saturated carbocycles. The van der Waals surface area contributed by atoms with Gasteiger partial charge in [0.2, 0.25) is 11.8 Å². The first-order chi connectivity index (χ1) is 13.5. The normalized spacial score (nSPS) is 17.3. The number of nitrogens with zero attached hydrogens (tertiary/aromatic N) is 1. The van der Waals surface area contributed by atoms with Crippen LogP contribution in [0.1, 0.15) is 42.2 Å². The third kappa shape index (κ3) is 4.39. The summed E-state index contributed by atoms with van der Waals surface area (Å²) in [6.45, 7) is 4.42. The van der Waals surface area contributed by atoms with E-state index in [-0.39, 0.29) is 24.3 Å². The molecule has 1 aliphatic rings. The van der Waals surface area contributed by atoms with Crippen LogP contribution in [0.15, 0.2) is 54.6 Å². The van der Waals surface area contributed by atoms with Crippen LogP contribution in [-0.4, -0.2) is 35.8 Å². The number of carbonyl (C=O) groups is 3. The van der Waals surface area contributed by atoms with Crippen molar-refractivity contribution >= 4 is 23.5 Å². The largest absolute Gasteiger partial charge is 0.462 e. The molecule has 6 heteroatoms. The average Bonchev–Trinajstić information content (AvgIpc) is 3.10. The number of ether oxygens (including phenoxy) is 1. The Balaban J connectivity index is 1.61. The number of amides is 2. The minimum absolute atomic E-state index is 0.0193. The van der Waals surface area contributed by atoms with Gasteiger partial charge in [0, 0.05) is 18.7 Å². The van der Waals surface area contributed by atoms with E-state index < -0.39 is 11.9 Å². The number of likely N-dealkylation sites (tertiary alicyclic amines) is 1. The Bertz CT molecular complexity index is 849. The molecule has 2 aromatic carbocycles. The molecule has 2 aromatic rings. The number of rotatable bonds is 6. The first-order valence-corrected chi connectivity index (χ1v) is 9.42. The summed E-state index contributed by atoms with van der Waals surface area (Å²) in [6, 6.07) is 16.2. The van der Waals surface area contributed by atoms with Crippen molar-refractivity contribution in [2.45, 2.75) is 26.3 Å². The first-order valence-electron chi connectivity index (χ1n) is 9.42. The van der Waals surface area contributed by atoms with Gasteiger partial charge in [-0.3, -0.25) is 9.59 Å². The van der Waals surface area contributed by atoms with Crippen molar-refractivity contribution in [1.29, 1.82) is 0 Å². The number of hydrogen-bond acceptors (Lipinski definition) is 4. The number of hydrogen-bond donors (Lipinski definition) is 1. The minimum Gasteiger partial charge on any atom is -0.462 e. The molecule has 1 saturated heterocycles. The lowest BCUT2D eigenvalue weighted by Crippen LogP contribution is -2.30. The lowest BCUT2D eigenvalue weighted by molar-refractivity contribution is -0.129. The van der Waals surface area contributed by atoms with E-state index in [2.05, 4.69) is 5.32 Å². The quantitative estimate of drug-likeness (QED) is 0.779. The highest BCUT2D eigenvalue weighted by Gasteiger charge is 2.37. The SMILES string of the molecule is CCOC(=O)c1ccc(NC(=O)C2CC(=O)N(C(C)c3ccccc3)C2)cc1. The van der Waals surface area contributed by atoms with Crippen LogP contribution in [0.3, 0.4) is 0 Å². The maximum atomic E-state index is 12.6. The molecule has 146 valence electrons. The topological polar surface area (TPSA) is 75.7 Å². The van der Waals surface area contributed by atoms with Crippen molar-refractivity contribution in [1.82, 2.24) is 4.90 Å². The van der Waals surface area contributed by atoms with Crippen molar-refractivity contribution < 1.29 is 19.1 Å². The molecule has 1 N–H and O–H groups in total. The molecule has 2 unspecified atom stereocenters. The fourth-order valence-electron chi connectivity index (χ4n) is 3.34. The highest BCUT2D eigenvalue weighted by molar-refractivity contribution is 5.97. The van der Waals surface area contributed by atoms with Gasteiger partial charge in [-0.05, 0) is 43.7 Å². The van der Waals surface area contributed by atoms with Crippen molar-refractivity contribution in [3.05, 3.63) is 65.7 Å². The Morgan fingerprint density at radius 3 is 2.46 bits per heavy atom. The number of carbonyl (C=O) groups excluding carboxylic acids is 3. The second-order valence-corrected chi connectivity index (χ2v) is 6.82. The number of benzene rings is 2. The van der Waals surface area contributed by atoms with Gasteiger partial charge in [-0.2, -0.15) is 0 Å². The molecule has 1 fully saturated rings. The van der Waals surface area contributed by atoms with Gasteiger partial charge in [-0.25, -0.2) is 4.79 Å². The van der Waals surface area contributed by atoms with Gasteiger partial charge in [-0.15, -0.1) is 0 Å². The van der Waals surface area contributed by atoms with E-state index >= 15 is 0 Å². The van der Waals surface area contributed by atoms with Gasteiger partial charge in [-0.1, -0.05) is 30.3 Å². The van der Waals surface area contributed by atoms with Gasteiger partial charge in [0.25, 0.3) is 0 Å². The number of nitrogens with one attached hydrogen (secondary N) is 1. The van der Waals surface area contributed by atoms with Crippen LogP contribution in [0.25, 0.3) is 0 Å². The molecular weight excluding hydrogens is 356 g/mol. The third-order valence-electron chi connectivity index (χ3n) is 4.94. The third-order valence-corrected chi connectivity index (χ3v) is 4.94. The fourth-order valence-corrected chi connectivity index (χ4v) is 3.34. The highest BCUT2D eigenvalue weighted by Crippen LogP contribution is 2.29. The van der Waals surface area contributed by atoms with E-state index in [9.17, 15) is 14.4 Å². The molecule has 6 nitrogen and oxygen atoms in total. The Hall–Kier alpha value is -3.15. The van der Waals surface area contributed by atoms with E-state index in [1.54, 1.807) is 36.1 Å². The average molecular weight is 380 g/mol. The molecule has 3 rings (SSSR count). The van der Waals surface area contributed by atoms with Crippen molar-refractivity contribution in [2.75, 3.05) is 18.5 Å². The maximum Gasteiger partial charge on any atom is 0.338 e. The predicted octanol–water partition coefficient (Wildman–Crippen LogP) is 3.41. The summed E-state index contributed by atoms with van der Waals surface area (Å²) in [6.07, 6.45) is 0.198. The molecule has 1 heterocycles. The van der Waals surface area contributed by atoms with Crippen molar-refractivity contribution in [3.8, 4) is 0 Å². The molecule has 0 radical (unpaired) electrons. The van der Waals surface area contributed by atoms with Crippen LogP contribution in [0.2, 0.25) is 0 Å². The van der Waals surface area contributed by atoms with Crippen molar-refractivity contribution in [3.63, 3.8) is 0 Å². The lowest BCUT2D eigenvalue weighted by Gasteiger charge is -2.25. The molecule has 28 heavy (non-hydrogen) atoms. The molecule has 2 amide bonds. The van der Waals surface area contributed by atoms with Crippen LogP contribution in [0, 0.1) is 5.92 Å². The Morgan fingerprint density at radius 1 is 1.14 bits per heavy atom. The summed E-state index contributed by atoms with van der Waals surface area (Å²) in [7, 11) is 0. The second-order valence-electron chi connectivity index (χ2n) is 6.82. The molecule has 0 aliphatic carbocycles. The lowest BCUT2D eigenvalue weighted by atomic mass is 10.1. The zero-order valence-corrected chi connectivity index (χ0v) is 16.1. The summed E-state index contributed by atoms with van der Waals surface area (Å²) >= 11 is 0. The summed E-state index contributed by atoms with van der Waals surface area (Å²) in [5.74, 6) is -1.01. The summed E-state index contributed by atoms with van der Waals surface area (Å²) in [4.78, 5) is 38.5. The van der Waals surface area contributed by atoms with Crippen LogP contribution >= 0.6 is 0 Å². The van der Waals surface area contributed by atoms with E-state index in [0.717, 1.165) is 5.56 Å². The molecule has 0 aromatic heterocycles. The Morgan fingerprint density at radius 2 is 1.82 bits per heavy atom. The molecule has 2 atom stereocenters.